The van der Waals surface area contributed by atoms with Crippen LogP contribution < -0.4 is 5.32 Å². The van der Waals surface area contributed by atoms with E-state index < -0.39 is 48.8 Å². The summed E-state index contributed by atoms with van der Waals surface area (Å²) in [5.41, 5.74) is 0.287. The van der Waals surface area contributed by atoms with E-state index in [9.17, 15) is 19.8 Å². The highest BCUT2D eigenvalue weighted by Crippen LogP contribution is 2.29. The van der Waals surface area contributed by atoms with Crippen molar-refractivity contribution in [1.82, 2.24) is 5.32 Å². The predicted molar refractivity (Wildman–Crippen MR) is 67.3 cm³/mol. The number of imide groups is 1. The van der Waals surface area contributed by atoms with Crippen molar-refractivity contribution in [3.05, 3.63) is 23.8 Å². The molecule has 0 bridgehead atoms. The van der Waals surface area contributed by atoms with Crippen LogP contribution in [0.3, 0.4) is 0 Å². The molecule has 1 saturated heterocycles. The molecule has 7 heteroatoms. The minimum atomic E-state index is -1.31. The van der Waals surface area contributed by atoms with Crippen LogP contribution in [-0.4, -0.2) is 58.2 Å². The van der Waals surface area contributed by atoms with Crippen LogP contribution in [0, 0.1) is 5.92 Å². The summed E-state index contributed by atoms with van der Waals surface area (Å²) in [7, 11) is 0. The van der Waals surface area contributed by atoms with Crippen molar-refractivity contribution >= 4 is 11.8 Å². The quantitative estimate of drug-likeness (QED) is 0.456. The molecule has 0 spiro atoms. The number of nitrogens with one attached hydrogen (secondary N) is 1. The summed E-state index contributed by atoms with van der Waals surface area (Å²) in [6, 6.07) is 0. The van der Waals surface area contributed by atoms with Gasteiger partial charge in [0.05, 0.1) is 12.5 Å². The summed E-state index contributed by atoms with van der Waals surface area (Å²) in [4.78, 5) is 23.4. The molecule has 0 saturated carbocycles. The Morgan fingerprint density at radius 2 is 2.05 bits per heavy atom. The minimum absolute atomic E-state index is 0.287. The third kappa shape index (κ3) is 2.53. The summed E-state index contributed by atoms with van der Waals surface area (Å²) < 4.78 is 5.32. The fourth-order valence-electron chi connectivity index (χ4n) is 2.39. The van der Waals surface area contributed by atoms with Crippen molar-refractivity contribution in [2.75, 3.05) is 6.61 Å². The Morgan fingerprint density at radius 1 is 1.35 bits per heavy atom. The van der Waals surface area contributed by atoms with Gasteiger partial charge < -0.3 is 20.1 Å². The molecule has 5 atom stereocenters. The van der Waals surface area contributed by atoms with E-state index in [4.69, 9.17) is 9.84 Å². The standard InChI is InChI=1S/C13H17NO6/c1-2-3-6-4-7(13(19)14-12(6)18)11-10(17)9(16)8(5-15)20-11/h2-4,7-11,15-17H,5H2,1H3,(H,14,18,19)/b3-2+/t7?,8-,9?,10-,11+/m1/s1. The molecule has 0 aromatic heterocycles. The molecule has 2 heterocycles. The van der Waals surface area contributed by atoms with Gasteiger partial charge in [0.1, 0.15) is 24.4 Å². The normalized spacial score (nSPS) is 38.2. The third-order valence-corrected chi connectivity index (χ3v) is 3.44. The second-order valence-corrected chi connectivity index (χ2v) is 4.77. The molecule has 1 fully saturated rings. The van der Waals surface area contributed by atoms with Gasteiger partial charge in [-0.3, -0.25) is 14.9 Å². The zero-order valence-electron chi connectivity index (χ0n) is 10.9. The Balaban J connectivity index is 2.27. The van der Waals surface area contributed by atoms with Crippen LogP contribution in [0.15, 0.2) is 23.8 Å². The van der Waals surface area contributed by atoms with Gasteiger partial charge in [0, 0.05) is 5.57 Å². The van der Waals surface area contributed by atoms with Crippen LogP contribution >= 0.6 is 0 Å². The van der Waals surface area contributed by atoms with Gasteiger partial charge in [-0.25, -0.2) is 0 Å². The van der Waals surface area contributed by atoms with E-state index >= 15 is 0 Å². The maximum Gasteiger partial charge on any atom is 0.257 e. The van der Waals surface area contributed by atoms with Crippen molar-refractivity contribution in [3.8, 4) is 0 Å². The van der Waals surface area contributed by atoms with E-state index in [1.54, 1.807) is 13.0 Å². The molecule has 0 aliphatic carbocycles. The topological polar surface area (TPSA) is 116 Å². The van der Waals surface area contributed by atoms with Gasteiger partial charge in [-0.2, -0.15) is 0 Å². The summed E-state index contributed by atoms with van der Waals surface area (Å²) in [6.45, 7) is 1.26. The van der Waals surface area contributed by atoms with Crippen LogP contribution in [0.5, 0.6) is 0 Å². The summed E-state index contributed by atoms with van der Waals surface area (Å²) >= 11 is 0. The average Bonchev–Trinajstić information content (AvgIpc) is 2.70. The highest BCUT2D eigenvalue weighted by molar-refractivity contribution is 6.10. The second kappa shape index (κ2) is 5.84. The number of rotatable bonds is 3. The number of allylic oxidation sites excluding steroid dienone is 1. The van der Waals surface area contributed by atoms with Crippen molar-refractivity contribution in [2.45, 2.75) is 31.3 Å². The van der Waals surface area contributed by atoms with Crippen molar-refractivity contribution in [3.63, 3.8) is 0 Å². The van der Waals surface area contributed by atoms with E-state index in [0.29, 0.717) is 0 Å². The molecule has 20 heavy (non-hydrogen) atoms. The fraction of sp³-hybridized carbons (Fsp3) is 0.538. The first-order chi connectivity index (χ1) is 9.49. The van der Waals surface area contributed by atoms with Crippen LogP contribution in [0.2, 0.25) is 0 Å². The molecular weight excluding hydrogens is 266 g/mol. The molecule has 2 unspecified atom stereocenters. The number of carbonyl (C=O) groups is 2. The van der Waals surface area contributed by atoms with Gasteiger partial charge in [0.2, 0.25) is 5.91 Å². The van der Waals surface area contributed by atoms with Crippen LogP contribution in [0.25, 0.3) is 0 Å². The van der Waals surface area contributed by atoms with E-state index in [0.717, 1.165) is 0 Å². The Kier molecular flexibility index (Phi) is 4.34. The first-order valence-corrected chi connectivity index (χ1v) is 6.31. The van der Waals surface area contributed by atoms with Crippen LogP contribution in [0.1, 0.15) is 6.92 Å². The van der Waals surface area contributed by atoms with Crippen molar-refractivity contribution in [1.29, 1.82) is 0 Å². The van der Waals surface area contributed by atoms with Crippen molar-refractivity contribution < 1.29 is 29.6 Å². The second-order valence-electron chi connectivity index (χ2n) is 4.77. The molecule has 4 N–H and O–H groups in total. The van der Waals surface area contributed by atoms with Gasteiger partial charge >= 0.3 is 0 Å². The monoisotopic (exact) mass is 283 g/mol. The molecule has 0 radical (unpaired) electrons. The Bertz CT molecular complexity index is 471. The van der Waals surface area contributed by atoms with Crippen LogP contribution in [-0.2, 0) is 14.3 Å². The smallest absolute Gasteiger partial charge is 0.257 e. The summed E-state index contributed by atoms with van der Waals surface area (Å²) in [6.07, 6.45) is 0.0652. The SMILES string of the molecule is C/C=C/C1=CC([C@@H]2O[C@H](CO)C(O)[C@H]2O)C(=O)NC1=O. The highest BCUT2D eigenvalue weighted by atomic mass is 16.6. The Morgan fingerprint density at radius 3 is 2.60 bits per heavy atom. The first-order valence-electron chi connectivity index (χ1n) is 6.31. The summed E-state index contributed by atoms with van der Waals surface area (Å²) in [5, 5.41) is 30.8. The number of ether oxygens (including phenoxy) is 1. The number of aliphatic hydroxyl groups is 3. The minimum Gasteiger partial charge on any atom is -0.394 e. The maximum atomic E-state index is 11.9. The van der Waals surface area contributed by atoms with E-state index in [1.165, 1.54) is 12.2 Å². The van der Waals surface area contributed by atoms with E-state index in [1.807, 2.05) is 0 Å². The molecule has 2 aliphatic heterocycles. The summed E-state index contributed by atoms with van der Waals surface area (Å²) in [5.74, 6) is -2.02. The third-order valence-electron chi connectivity index (χ3n) is 3.44. The number of hydrogen-bond donors (Lipinski definition) is 4. The van der Waals surface area contributed by atoms with Gasteiger partial charge in [-0.05, 0) is 6.92 Å². The Hall–Kier alpha value is -1.54. The zero-order chi connectivity index (χ0) is 14.9. The van der Waals surface area contributed by atoms with Gasteiger partial charge in [0.25, 0.3) is 5.91 Å². The molecule has 7 nitrogen and oxygen atoms in total. The first kappa shape index (κ1) is 14.9. The Labute approximate surface area is 115 Å². The number of carbonyl (C=O) groups excluding carboxylic acids is 2. The lowest BCUT2D eigenvalue weighted by molar-refractivity contribution is -0.136. The lowest BCUT2D eigenvalue weighted by atomic mass is 9.90. The zero-order valence-corrected chi connectivity index (χ0v) is 10.9. The fourth-order valence-corrected chi connectivity index (χ4v) is 2.39. The van der Waals surface area contributed by atoms with Gasteiger partial charge in [0.15, 0.2) is 0 Å². The molecule has 2 amide bonds. The lowest BCUT2D eigenvalue weighted by Gasteiger charge is -2.25. The molecule has 0 aromatic rings. The van der Waals surface area contributed by atoms with E-state index in [-0.39, 0.29) is 5.57 Å². The van der Waals surface area contributed by atoms with Gasteiger partial charge in [-0.15, -0.1) is 0 Å². The average molecular weight is 283 g/mol. The highest BCUT2D eigenvalue weighted by Gasteiger charge is 2.48. The molecular formula is C13H17NO6. The molecule has 2 aliphatic rings. The lowest BCUT2D eigenvalue weighted by Crippen LogP contribution is -2.47. The number of amides is 2. The number of hydrogen-bond acceptors (Lipinski definition) is 6. The van der Waals surface area contributed by atoms with Crippen LogP contribution in [0.4, 0.5) is 0 Å². The number of aliphatic hydroxyl groups excluding tert-OH is 3. The largest absolute Gasteiger partial charge is 0.394 e. The maximum absolute atomic E-state index is 11.9. The van der Waals surface area contributed by atoms with E-state index in [2.05, 4.69) is 5.32 Å². The van der Waals surface area contributed by atoms with Gasteiger partial charge in [-0.1, -0.05) is 18.2 Å². The molecule has 2 rings (SSSR count). The molecule has 0 aromatic carbocycles. The van der Waals surface area contributed by atoms with Crippen molar-refractivity contribution in [2.24, 2.45) is 5.92 Å². The predicted octanol–water partition coefficient (Wildman–Crippen LogP) is -1.76. The molecule has 110 valence electrons.